The predicted molar refractivity (Wildman–Crippen MR) is 79.0 cm³/mol. The van der Waals surface area contributed by atoms with Crippen molar-refractivity contribution in [2.45, 2.75) is 0 Å². The van der Waals surface area contributed by atoms with E-state index in [1.54, 1.807) is 44.6 Å². The number of carbonyl (C=O) groups excluding carboxylic acids is 1. The fraction of sp³-hybridized carbons (Fsp3) is 0.133. The molecule has 2 aromatic rings. The summed E-state index contributed by atoms with van der Waals surface area (Å²) in [6, 6.07) is 9.90. The molecule has 6 heteroatoms. The summed E-state index contributed by atoms with van der Waals surface area (Å²) < 4.78 is 16.0. The lowest BCUT2D eigenvalue weighted by Crippen LogP contribution is -2.13. The van der Waals surface area contributed by atoms with Gasteiger partial charge < -0.3 is 25.7 Å². The Kier molecular flexibility index (Phi) is 4.18. The standard InChI is InChI=1S/C15H16N2O4/c1-19-9-6-10(20-2)8-11(7-9)21-13-5-3-4-12(14(13)16)15(17)18/h3-8H,16H2,1-2H3,(H2,17,18). The Balaban J connectivity index is 2.38. The molecule has 0 aliphatic heterocycles. The zero-order valence-electron chi connectivity index (χ0n) is 11.8. The number of ether oxygens (including phenoxy) is 3. The number of hydrogen-bond donors (Lipinski definition) is 2. The summed E-state index contributed by atoms with van der Waals surface area (Å²) in [5.41, 5.74) is 11.5. The molecule has 110 valence electrons. The fourth-order valence-electron chi connectivity index (χ4n) is 1.82. The highest BCUT2D eigenvalue weighted by Gasteiger charge is 2.12. The van der Waals surface area contributed by atoms with E-state index in [0.717, 1.165) is 0 Å². The molecule has 0 spiro atoms. The number of nitrogens with two attached hydrogens (primary N) is 2. The first-order valence-corrected chi connectivity index (χ1v) is 6.14. The third kappa shape index (κ3) is 3.17. The van der Waals surface area contributed by atoms with Crippen LogP contribution in [-0.4, -0.2) is 20.1 Å². The van der Waals surface area contributed by atoms with Crippen LogP contribution in [0.25, 0.3) is 0 Å². The van der Waals surface area contributed by atoms with Gasteiger partial charge in [0, 0.05) is 18.2 Å². The van der Waals surface area contributed by atoms with Crippen LogP contribution in [0.2, 0.25) is 0 Å². The van der Waals surface area contributed by atoms with E-state index in [4.69, 9.17) is 25.7 Å². The number of methoxy groups -OCH3 is 2. The third-order valence-electron chi connectivity index (χ3n) is 2.88. The highest BCUT2D eigenvalue weighted by molar-refractivity contribution is 5.99. The molecule has 2 aromatic carbocycles. The highest BCUT2D eigenvalue weighted by Crippen LogP contribution is 2.34. The van der Waals surface area contributed by atoms with Crippen molar-refractivity contribution in [3.8, 4) is 23.0 Å². The number of primary amides is 1. The SMILES string of the molecule is COc1cc(OC)cc(Oc2cccc(C(N)=O)c2N)c1. The van der Waals surface area contributed by atoms with Gasteiger partial charge in [-0.15, -0.1) is 0 Å². The molecule has 21 heavy (non-hydrogen) atoms. The van der Waals surface area contributed by atoms with Crippen LogP contribution in [0, 0.1) is 0 Å². The zero-order chi connectivity index (χ0) is 15.4. The largest absolute Gasteiger partial charge is 0.496 e. The second-order valence-electron chi connectivity index (χ2n) is 4.23. The Hall–Kier alpha value is -2.89. The Morgan fingerprint density at radius 3 is 2.10 bits per heavy atom. The lowest BCUT2D eigenvalue weighted by Gasteiger charge is -2.12. The van der Waals surface area contributed by atoms with E-state index in [-0.39, 0.29) is 11.3 Å². The number of hydrogen-bond acceptors (Lipinski definition) is 5. The van der Waals surface area contributed by atoms with Gasteiger partial charge in [0.1, 0.15) is 17.2 Å². The van der Waals surface area contributed by atoms with Gasteiger partial charge in [-0.1, -0.05) is 6.07 Å². The summed E-state index contributed by atoms with van der Waals surface area (Å²) in [4.78, 5) is 11.3. The van der Waals surface area contributed by atoms with Crippen LogP contribution in [0.5, 0.6) is 23.0 Å². The number of anilines is 1. The first kappa shape index (κ1) is 14.5. The van der Waals surface area contributed by atoms with Gasteiger partial charge in [-0.25, -0.2) is 0 Å². The van der Waals surface area contributed by atoms with Crippen LogP contribution in [0.4, 0.5) is 5.69 Å². The average Bonchev–Trinajstić information content (AvgIpc) is 2.48. The molecule has 0 unspecified atom stereocenters. The van der Waals surface area contributed by atoms with E-state index in [1.165, 1.54) is 6.07 Å². The molecule has 2 rings (SSSR count). The molecule has 1 amide bonds. The van der Waals surface area contributed by atoms with E-state index >= 15 is 0 Å². The van der Waals surface area contributed by atoms with Crippen molar-refractivity contribution in [1.82, 2.24) is 0 Å². The van der Waals surface area contributed by atoms with Gasteiger partial charge in [0.15, 0.2) is 5.75 Å². The number of benzene rings is 2. The maximum absolute atomic E-state index is 11.3. The summed E-state index contributed by atoms with van der Waals surface area (Å²) in [5.74, 6) is 1.35. The second-order valence-corrected chi connectivity index (χ2v) is 4.23. The van der Waals surface area contributed by atoms with Crippen molar-refractivity contribution in [1.29, 1.82) is 0 Å². The van der Waals surface area contributed by atoms with Crippen LogP contribution >= 0.6 is 0 Å². The van der Waals surface area contributed by atoms with Crippen LogP contribution in [0.3, 0.4) is 0 Å². The fourth-order valence-corrected chi connectivity index (χ4v) is 1.82. The number of nitrogen functional groups attached to an aromatic ring is 1. The molecule has 0 atom stereocenters. The lowest BCUT2D eigenvalue weighted by molar-refractivity contribution is 0.100. The molecule has 0 aliphatic rings. The van der Waals surface area contributed by atoms with Gasteiger partial charge in [0.25, 0.3) is 5.91 Å². The van der Waals surface area contributed by atoms with Crippen molar-refractivity contribution >= 4 is 11.6 Å². The van der Waals surface area contributed by atoms with Gasteiger partial charge in [0.2, 0.25) is 0 Å². The summed E-state index contributed by atoms with van der Waals surface area (Å²) in [7, 11) is 3.08. The normalized spacial score (nSPS) is 10.0. The minimum Gasteiger partial charge on any atom is -0.496 e. The number of carbonyl (C=O) groups is 1. The molecule has 4 N–H and O–H groups in total. The molecule has 0 aliphatic carbocycles. The van der Waals surface area contributed by atoms with Crippen LogP contribution in [0.15, 0.2) is 36.4 Å². The molecule has 0 saturated carbocycles. The van der Waals surface area contributed by atoms with E-state index in [9.17, 15) is 4.79 Å². The van der Waals surface area contributed by atoms with Crippen molar-refractivity contribution in [3.05, 3.63) is 42.0 Å². The quantitative estimate of drug-likeness (QED) is 0.822. The first-order valence-electron chi connectivity index (χ1n) is 6.14. The van der Waals surface area contributed by atoms with Gasteiger partial charge in [-0.2, -0.15) is 0 Å². The first-order chi connectivity index (χ1) is 10.0. The van der Waals surface area contributed by atoms with Crippen molar-refractivity contribution in [3.63, 3.8) is 0 Å². The molecule has 0 fully saturated rings. The lowest BCUT2D eigenvalue weighted by atomic mass is 10.1. The Bertz CT molecular complexity index is 648. The molecule has 0 heterocycles. The summed E-state index contributed by atoms with van der Waals surface area (Å²) >= 11 is 0. The van der Waals surface area contributed by atoms with Crippen molar-refractivity contribution in [2.75, 3.05) is 20.0 Å². The van der Waals surface area contributed by atoms with Gasteiger partial charge in [-0.3, -0.25) is 4.79 Å². The topological polar surface area (TPSA) is 96.8 Å². The number of para-hydroxylation sites is 1. The Labute approximate surface area is 122 Å². The summed E-state index contributed by atoms with van der Waals surface area (Å²) in [6.45, 7) is 0. The van der Waals surface area contributed by atoms with E-state index < -0.39 is 5.91 Å². The van der Waals surface area contributed by atoms with Gasteiger partial charge >= 0.3 is 0 Å². The second kappa shape index (κ2) is 6.04. The van der Waals surface area contributed by atoms with E-state index in [0.29, 0.717) is 23.0 Å². The smallest absolute Gasteiger partial charge is 0.250 e. The molecule has 0 aromatic heterocycles. The van der Waals surface area contributed by atoms with Gasteiger partial charge in [0.05, 0.1) is 25.5 Å². The van der Waals surface area contributed by atoms with Crippen LogP contribution in [-0.2, 0) is 0 Å². The average molecular weight is 288 g/mol. The minimum absolute atomic E-state index is 0.187. The molecule has 0 bridgehead atoms. The minimum atomic E-state index is -0.610. The molecular weight excluding hydrogens is 272 g/mol. The highest BCUT2D eigenvalue weighted by atomic mass is 16.5. The van der Waals surface area contributed by atoms with Crippen molar-refractivity contribution < 1.29 is 19.0 Å². The third-order valence-corrected chi connectivity index (χ3v) is 2.88. The molecule has 0 saturated heterocycles. The van der Waals surface area contributed by atoms with E-state index in [1.807, 2.05) is 0 Å². The maximum Gasteiger partial charge on any atom is 0.250 e. The number of rotatable bonds is 5. The molecule has 6 nitrogen and oxygen atoms in total. The molecule has 0 radical (unpaired) electrons. The molecular formula is C15H16N2O4. The number of amides is 1. The predicted octanol–water partition coefficient (Wildman–Crippen LogP) is 2.18. The van der Waals surface area contributed by atoms with E-state index in [2.05, 4.69) is 0 Å². The maximum atomic E-state index is 11.3. The Morgan fingerprint density at radius 2 is 1.57 bits per heavy atom. The summed E-state index contributed by atoms with van der Waals surface area (Å²) in [5, 5.41) is 0. The summed E-state index contributed by atoms with van der Waals surface area (Å²) in [6.07, 6.45) is 0. The Morgan fingerprint density at radius 1 is 1.00 bits per heavy atom. The zero-order valence-corrected chi connectivity index (χ0v) is 11.8. The van der Waals surface area contributed by atoms with Crippen LogP contribution < -0.4 is 25.7 Å². The van der Waals surface area contributed by atoms with Crippen LogP contribution in [0.1, 0.15) is 10.4 Å². The van der Waals surface area contributed by atoms with Crippen molar-refractivity contribution in [2.24, 2.45) is 5.73 Å². The van der Waals surface area contributed by atoms with Gasteiger partial charge in [-0.05, 0) is 12.1 Å². The monoisotopic (exact) mass is 288 g/mol.